The van der Waals surface area contributed by atoms with Gasteiger partial charge in [0.1, 0.15) is 0 Å². The fraction of sp³-hybridized carbons (Fsp3) is 0.368. The molecule has 2 aromatic carbocycles. The van der Waals surface area contributed by atoms with E-state index >= 15 is 0 Å². The number of benzene rings is 2. The van der Waals surface area contributed by atoms with Crippen molar-refractivity contribution in [1.82, 2.24) is 0 Å². The van der Waals surface area contributed by atoms with Gasteiger partial charge in [0.15, 0.2) is 0 Å². The predicted molar refractivity (Wildman–Crippen MR) is 91.7 cm³/mol. The molecule has 0 aliphatic rings. The van der Waals surface area contributed by atoms with Gasteiger partial charge in [-0.05, 0) is 56.5 Å². The lowest BCUT2D eigenvalue weighted by Gasteiger charge is -2.31. The first-order valence-electron chi connectivity index (χ1n) is 7.72. The van der Waals surface area contributed by atoms with Crippen molar-refractivity contribution in [2.45, 2.75) is 39.8 Å². The van der Waals surface area contributed by atoms with E-state index < -0.39 is 0 Å². The van der Waals surface area contributed by atoms with E-state index in [1.54, 1.807) is 0 Å². The van der Waals surface area contributed by atoms with Gasteiger partial charge in [0.05, 0.1) is 0 Å². The molecular weight excluding hydrogens is 256 g/mol. The Kier molecular flexibility index (Phi) is 5.40. The molecule has 0 atom stereocenters. The summed E-state index contributed by atoms with van der Waals surface area (Å²) in [7, 11) is 0. The van der Waals surface area contributed by atoms with E-state index in [0.29, 0.717) is 12.6 Å². The van der Waals surface area contributed by atoms with Crippen LogP contribution in [0.4, 0.5) is 5.69 Å². The van der Waals surface area contributed by atoms with Gasteiger partial charge in [-0.15, -0.1) is 0 Å². The second-order valence-electron chi connectivity index (χ2n) is 5.87. The van der Waals surface area contributed by atoms with Gasteiger partial charge in [-0.3, -0.25) is 0 Å². The van der Waals surface area contributed by atoms with Crippen LogP contribution in [0.1, 0.15) is 30.5 Å². The maximum Gasteiger partial charge on any atom is 0.0432 e. The molecule has 0 aliphatic heterocycles. The van der Waals surface area contributed by atoms with Crippen molar-refractivity contribution in [2.24, 2.45) is 5.73 Å². The van der Waals surface area contributed by atoms with Crippen molar-refractivity contribution in [3.8, 4) is 0 Å². The Morgan fingerprint density at radius 3 is 2.29 bits per heavy atom. The van der Waals surface area contributed by atoms with E-state index in [2.05, 4.69) is 74.2 Å². The lowest BCUT2D eigenvalue weighted by molar-refractivity contribution is 0.680. The van der Waals surface area contributed by atoms with Crippen molar-refractivity contribution in [3.63, 3.8) is 0 Å². The summed E-state index contributed by atoms with van der Waals surface area (Å²) in [4.78, 5) is 2.46. The largest absolute Gasteiger partial charge is 0.365 e. The van der Waals surface area contributed by atoms with E-state index in [9.17, 15) is 0 Å². The maximum absolute atomic E-state index is 5.65. The molecule has 0 radical (unpaired) electrons. The Morgan fingerprint density at radius 1 is 1.00 bits per heavy atom. The first-order valence-corrected chi connectivity index (χ1v) is 7.72. The summed E-state index contributed by atoms with van der Waals surface area (Å²) < 4.78 is 0. The van der Waals surface area contributed by atoms with Crippen LogP contribution < -0.4 is 10.6 Å². The van der Waals surface area contributed by atoms with E-state index in [4.69, 9.17) is 5.73 Å². The van der Waals surface area contributed by atoms with E-state index in [0.717, 1.165) is 13.0 Å². The topological polar surface area (TPSA) is 29.3 Å². The van der Waals surface area contributed by atoms with Gasteiger partial charge in [-0.1, -0.05) is 42.5 Å². The third-order valence-corrected chi connectivity index (χ3v) is 3.82. The third kappa shape index (κ3) is 4.08. The number of nitrogens with zero attached hydrogens (tertiary/aromatic N) is 1. The maximum atomic E-state index is 5.65. The van der Waals surface area contributed by atoms with Crippen molar-refractivity contribution in [1.29, 1.82) is 0 Å². The number of hydrogen-bond donors (Lipinski definition) is 1. The summed E-state index contributed by atoms with van der Waals surface area (Å²) in [5, 5.41) is 0. The van der Waals surface area contributed by atoms with Crippen molar-refractivity contribution in [2.75, 3.05) is 11.4 Å². The zero-order valence-corrected chi connectivity index (χ0v) is 13.3. The predicted octanol–water partition coefficient (Wildman–Crippen LogP) is 3.91. The molecule has 2 N–H and O–H groups in total. The van der Waals surface area contributed by atoms with Crippen LogP contribution in [-0.2, 0) is 13.0 Å². The molecule has 2 rings (SSSR count). The number of anilines is 1. The van der Waals surface area contributed by atoms with E-state index in [1.165, 1.54) is 22.4 Å². The molecule has 0 saturated carbocycles. The summed E-state index contributed by atoms with van der Waals surface area (Å²) >= 11 is 0. The average Bonchev–Trinajstić information content (AvgIpc) is 2.47. The molecule has 2 heteroatoms. The highest BCUT2D eigenvalue weighted by atomic mass is 15.2. The first-order chi connectivity index (χ1) is 10.1. The number of rotatable bonds is 6. The van der Waals surface area contributed by atoms with Crippen LogP contribution in [0.3, 0.4) is 0 Å². The van der Waals surface area contributed by atoms with Crippen molar-refractivity contribution < 1.29 is 0 Å². The van der Waals surface area contributed by atoms with Crippen LogP contribution >= 0.6 is 0 Å². The summed E-state index contributed by atoms with van der Waals surface area (Å²) in [6, 6.07) is 17.8. The van der Waals surface area contributed by atoms with Gasteiger partial charge in [-0.2, -0.15) is 0 Å². The molecule has 21 heavy (non-hydrogen) atoms. The molecule has 0 aliphatic carbocycles. The minimum Gasteiger partial charge on any atom is -0.365 e. The smallest absolute Gasteiger partial charge is 0.0432 e. The van der Waals surface area contributed by atoms with Crippen LogP contribution in [0.25, 0.3) is 0 Å². The minimum atomic E-state index is 0.462. The summed E-state index contributed by atoms with van der Waals surface area (Å²) in [5.74, 6) is 0. The molecule has 0 spiro atoms. The van der Waals surface area contributed by atoms with Gasteiger partial charge in [0, 0.05) is 18.3 Å². The van der Waals surface area contributed by atoms with Gasteiger partial charge < -0.3 is 10.6 Å². The van der Waals surface area contributed by atoms with Gasteiger partial charge >= 0.3 is 0 Å². The molecule has 0 saturated heterocycles. The second-order valence-corrected chi connectivity index (χ2v) is 5.87. The monoisotopic (exact) mass is 282 g/mol. The van der Waals surface area contributed by atoms with Gasteiger partial charge in [0.25, 0.3) is 0 Å². The molecule has 112 valence electrons. The Balaban J connectivity index is 2.26. The molecule has 2 aromatic rings. The molecule has 0 fully saturated rings. The fourth-order valence-electron chi connectivity index (χ4n) is 2.69. The summed E-state index contributed by atoms with van der Waals surface area (Å²) in [5.41, 5.74) is 11.0. The highest BCUT2D eigenvalue weighted by Gasteiger charge is 2.13. The number of hydrogen-bond acceptors (Lipinski definition) is 2. The molecular formula is C19H26N2. The number of aryl methyl sites for hydroxylation is 1. The van der Waals surface area contributed by atoms with Crippen LogP contribution in [0, 0.1) is 6.92 Å². The lowest BCUT2D eigenvalue weighted by Crippen LogP contribution is -2.30. The van der Waals surface area contributed by atoms with Gasteiger partial charge in [-0.25, -0.2) is 0 Å². The fourth-order valence-corrected chi connectivity index (χ4v) is 2.69. The SMILES string of the molecule is Cc1cc(CCN)ccc1N(Cc1ccccc1)C(C)C. The van der Waals surface area contributed by atoms with Crippen LogP contribution in [0.2, 0.25) is 0 Å². The molecule has 0 aromatic heterocycles. The van der Waals surface area contributed by atoms with Crippen LogP contribution in [-0.4, -0.2) is 12.6 Å². The summed E-state index contributed by atoms with van der Waals surface area (Å²) in [6.07, 6.45) is 0.946. The van der Waals surface area contributed by atoms with E-state index in [1.807, 2.05) is 0 Å². The minimum absolute atomic E-state index is 0.462. The molecule has 0 unspecified atom stereocenters. The van der Waals surface area contributed by atoms with Gasteiger partial charge in [0.2, 0.25) is 0 Å². The quantitative estimate of drug-likeness (QED) is 0.870. The molecule has 0 bridgehead atoms. The average molecular weight is 282 g/mol. The Labute approximate surface area is 128 Å². The van der Waals surface area contributed by atoms with Crippen molar-refractivity contribution >= 4 is 5.69 Å². The third-order valence-electron chi connectivity index (χ3n) is 3.82. The summed E-state index contributed by atoms with van der Waals surface area (Å²) in [6.45, 7) is 8.33. The highest BCUT2D eigenvalue weighted by Crippen LogP contribution is 2.25. The van der Waals surface area contributed by atoms with Crippen LogP contribution in [0.5, 0.6) is 0 Å². The van der Waals surface area contributed by atoms with Crippen molar-refractivity contribution in [3.05, 3.63) is 65.2 Å². The molecule has 0 heterocycles. The molecule has 0 amide bonds. The zero-order valence-electron chi connectivity index (χ0n) is 13.3. The Morgan fingerprint density at radius 2 is 1.71 bits per heavy atom. The molecule has 2 nitrogen and oxygen atoms in total. The van der Waals surface area contributed by atoms with E-state index in [-0.39, 0.29) is 0 Å². The highest BCUT2D eigenvalue weighted by molar-refractivity contribution is 5.55. The Bertz CT molecular complexity index is 561. The van der Waals surface area contributed by atoms with Crippen LogP contribution in [0.15, 0.2) is 48.5 Å². The standard InChI is InChI=1S/C19H26N2/c1-15(2)21(14-18-7-5-4-6-8-18)19-10-9-17(11-12-20)13-16(19)3/h4-10,13,15H,11-12,14,20H2,1-3H3. The zero-order chi connectivity index (χ0) is 15.2. The lowest BCUT2D eigenvalue weighted by atomic mass is 10.0. The number of nitrogens with two attached hydrogens (primary N) is 1. The Hall–Kier alpha value is -1.80. The normalized spacial score (nSPS) is 10.9. The second kappa shape index (κ2) is 7.28. The first kappa shape index (κ1) is 15.6.